The second-order valence-corrected chi connectivity index (χ2v) is 5.84. The van der Waals surface area contributed by atoms with Gasteiger partial charge in [-0.2, -0.15) is 0 Å². The number of nitrogens with one attached hydrogen (secondary N) is 1. The Bertz CT molecular complexity index is 170. The first-order valence-electron chi connectivity index (χ1n) is 6.96. The molecule has 0 aliphatic heterocycles. The minimum absolute atomic E-state index is 0.541. The van der Waals surface area contributed by atoms with E-state index in [1.165, 1.54) is 32.1 Å². The molecule has 0 heterocycles. The summed E-state index contributed by atoms with van der Waals surface area (Å²) in [5.74, 6) is 0. The van der Waals surface area contributed by atoms with Crippen LogP contribution in [0.1, 0.15) is 59.3 Å². The molecule has 0 amide bonds. The first-order chi connectivity index (χ1) is 7.64. The Kier molecular flexibility index (Phi) is 6.37. The average molecular weight is 227 g/mol. The zero-order valence-electron chi connectivity index (χ0n) is 11.3. The third-order valence-corrected chi connectivity index (χ3v) is 3.56. The van der Waals surface area contributed by atoms with E-state index in [0.717, 1.165) is 26.1 Å². The Labute approximate surface area is 101 Å². The third kappa shape index (κ3) is 5.86. The van der Waals surface area contributed by atoms with Crippen LogP contribution in [-0.4, -0.2) is 25.8 Å². The quantitative estimate of drug-likeness (QED) is 0.673. The molecular weight excluding hydrogens is 198 g/mol. The van der Waals surface area contributed by atoms with Crippen molar-refractivity contribution in [2.75, 3.05) is 19.7 Å². The second-order valence-electron chi connectivity index (χ2n) is 5.84. The highest BCUT2D eigenvalue weighted by Gasteiger charge is 2.26. The largest absolute Gasteiger partial charge is 0.378 e. The molecule has 0 atom stereocenters. The minimum atomic E-state index is 0.541. The normalized spacial score (nSPS) is 21.2. The fourth-order valence-electron chi connectivity index (χ4n) is 2.29. The molecule has 0 unspecified atom stereocenters. The molecule has 0 spiro atoms. The molecule has 0 bridgehead atoms. The van der Waals surface area contributed by atoms with E-state index in [1.807, 2.05) is 0 Å². The van der Waals surface area contributed by atoms with Crippen LogP contribution in [0, 0.1) is 5.41 Å². The summed E-state index contributed by atoms with van der Waals surface area (Å²) >= 11 is 0. The van der Waals surface area contributed by atoms with E-state index in [2.05, 4.69) is 26.1 Å². The van der Waals surface area contributed by atoms with Crippen molar-refractivity contribution < 1.29 is 4.74 Å². The lowest BCUT2D eigenvalue weighted by Gasteiger charge is -2.34. The fourth-order valence-corrected chi connectivity index (χ4v) is 2.29. The molecule has 16 heavy (non-hydrogen) atoms. The molecule has 96 valence electrons. The maximum atomic E-state index is 5.92. The molecule has 1 aliphatic carbocycles. The lowest BCUT2D eigenvalue weighted by Crippen LogP contribution is -2.27. The summed E-state index contributed by atoms with van der Waals surface area (Å²) < 4.78 is 5.92. The van der Waals surface area contributed by atoms with Gasteiger partial charge in [-0.1, -0.05) is 20.8 Å². The first kappa shape index (κ1) is 14.0. The third-order valence-electron chi connectivity index (χ3n) is 3.56. The van der Waals surface area contributed by atoms with Crippen molar-refractivity contribution in [2.24, 2.45) is 5.41 Å². The second kappa shape index (κ2) is 7.29. The van der Waals surface area contributed by atoms with Crippen molar-refractivity contribution >= 4 is 0 Å². The first-order valence-corrected chi connectivity index (χ1v) is 6.96. The Hall–Kier alpha value is -0.0800. The van der Waals surface area contributed by atoms with Crippen LogP contribution in [0.3, 0.4) is 0 Å². The molecule has 1 saturated carbocycles. The van der Waals surface area contributed by atoms with Gasteiger partial charge in [-0.15, -0.1) is 0 Å². The Morgan fingerprint density at radius 1 is 1.19 bits per heavy atom. The number of hydrogen-bond acceptors (Lipinski definition) is 2. The van der Waals surface area contributed by atoms with Crippen molar-refractivity contribution in [1.82, 2.24) is 5.32 Å². The lowest BCUT2D eigenvalue weighted by molar-refractivity contribution is 0.00356. The highest BCUT2D eigenvalue weighted by atomic mass is 16.5. The van der Waals surface area contributed by atoms with Crippen molar-refractivity contribution in [2.45, 2.75) is 65.4 Å². The molecule has 1 rings (SSSR count). The predicted octanol–water partition coefficient (Wildman–Crippen LogP) is 3.36. The van der Waals surface area contributed by atoms with Gasteiger partial charge >= 0.3 is 0 Å². The summed E-state index contributed by atoms with van der Waals surface area (Å²) in [5, 5.41) is 3.41. The zero-order chi connectivity index (χ0) is 11.9. The topological polar surface area (TPSA) is 21.3 Å². The number of rotatable bonds is 7. The summed E-state index contributed by atoms with van der Waals surface area (Å²) in [6, 6.07) is 0. The summed E-state index contributed by atoms with van der Waals surface area (Å²) in [4.78, 5) is 0. The van der Waals surface area contributed by atoms with Crippen LogP contribution >= 0.6 is 0 Å². The van der Waals surface area contributed by atoms with Gasteiger partial charge in [-0.3, -0.25) is 0 Å². The molecule has 2 heteroatoms. The van der Waals surface area contributed by atoms with Gasteiger partial charge in [0.15, 0.2) is 0 Å². The van der Waals surface area contributed by atoms with Gasteiger partial charge in [0.2, 0.25) is 0 Å². The van der Waals surface area contributed by atoms with Crippen molar-refractivity contribution in [3.05, 3.63) is 0 Å². The van der Waals surface area contributed by atoms with E-state index in [1.54, 1.807) is 0 Å². The van der Waals surface area contributed by atoms with E-state index in [-0.39, 0.29) is 0 Å². The summed E-state index contributed by atoms with van der Waals surface area (Å²) in [6.45, 7) is 10.1. The summed E-state index contributed by atoms with van der Waals surface area (Å²) in [7, 11) is 0. The van der Waals surface area contributed by atoms with Gasteiger partial charge in [0, 0.05) is 6.61 Å². The van der Waals surface area contributed by atoms with Crippen LogP contribution in [0.2, 0.25) is 0 Å². The van der Waals surface area contributed by atoms with Crippen LogP contribution in [-0.2, 0) is 4.74 Å². The minimum Gasteiger partial charge on any atom is -0.378 e. The van der Waals surface area contributed by atoms with Crippen molar-refractivity contribution in [1.29, 1.82) is 0 Å². The summed E-state index contributed by atoms with van der Waals surface area (Å²) in [5.41, 5.74) is 0.558. The molecular formula is C14H29NO. The Morgan fingerprint density at radius 2 is 1.88 bits per heavy atom. The van der Waals surface area contributed by atoms with Crippen LogP contribution in [0.4, 0.5) is 0 Å². The summed E-state index contributed by atoms with van der Waals surface area (Å²) in [6.07, 6.45) is 8.08. The molecule has 2 nitrogen and oxygen atoms in total. The van der Waals surface area contributed by atoms with Crippen LogP contribution in [0.15, 0.2) is 0 Å². The van der Waals surface area contributed by atoms with Gasteiger partial charge in [0.1, 0.15) is 0 Å². The molecule has 1 N–H and O–H groups in total. The molecule has 0 aromatic carbocycles. The SMILES string of the molecule is CCCNCCCOC1CCC(C)(C)CC1. The van der Waals surface area contributed by atoms with Gasteiger partial charge in [-0.25, -0.2) is 0 Å². The fraction of sp³-hybridized carbons (Fsp3) is 1.00. The number of ether oxygens (including phenoxy) is 1. The molecule has 0 saturated heterocycles. The van der Waals surface area contributed by atoms with Crippen molar-refractivity contribution in [3.8, 4) is 0 Å². The molecule has 0 aromatic heterocycles. The van der Waals surface area contributed by atoms with E-state index < -0.39 is 0 Å². The molecule has 0 aromatic rings. The zero-order valence-corrected chi connectivity index (χ0v) is 11.3. The van der Waals surface area contributed by atoms with E-state index in [9.17, 15) is 0 Å². The Morgan fingerprint density at radius 3 is 2.50 bits per heavy atom. The van der Waals surface area contributed by atoms with E-state index >= 15 is 0 Å². The average Bonchev–Trinajstić information content (AvgIpc) is 2.25. The maximum absolute atomic E-state index is 5.92. The van der Waals surface area contributed by atoms with Gasteiger partial charge in [0.25, 0.3) is 0 Å². The van der Waals surface area contributed by atoms with Crippen LogP contribution in [0.5, 0.6) is 0 Å². The van der Waals surface area contributed by atoms with Crippen LogP contribution < -0.4 is 5.32 Å². The highest BCUT2D eigenvalue weighted by Crippen LogP contribution is 2.36. The predicted molar refractivity (Wildman–Crippen MR) is 69.8 cm³/mol. The van der Waals surface area contributed by atoms with Gasteiger partial charge in [-0.05, 0) is 57.0 Å². The standard InChI is InChI=1S/C14H29NO/c1-4-10-15-11-5-12-16-13-6-8-14(2,3)9-7-13/h13,15H,4-12H2,1-3H3. The number of hydrogen-bond donors (Lipinski definition) is 1. The van der Waals surface area contributed by atoms with E-state index in [4.69, 9.17) is 4.74 Å². The molecule has 1 fully saturated rings. The smallest absolute Gasteiger partial charge is 0.0575 e. The highest BCUT2D eigenvalue weighted by molar-refractivity contribution is 4.78. The monoisotopic (exact) mass is 227 g/mol. The van der Waals surface area contributed by atoms with Gasteiger partial charge < -0.3 is 10.1 Å². The van der Waals surface area contributed by atoms with Crippen molar-refractivity contribution in [3.63, 3.8) is 0 Å². The molecule has 0 radical (unpaired) electrons. The molecule has 1 aliphatic rings. The van der Waals surface area contributed by atoms with Gasteiger partial charge in [0.05, 0.1) is 6.10 Å². The lowest BCUT2D eigenvalue weighted by atomic mass is 9.76. The van der Waals surface area contributed by atoms with E-state index in [0.29, 0.717) is 11.5 Å². The van der Waals surface area contributed by atoms with Crippen LogP contribution in [0.25, 0.3) is 0 Å². The maximum Gasteiger partial charge on any atom is 0.0575 e. The Balaban J connectivity index is 1.94.